The van der Waals surface area contributed by atoms with E-state index in [1.807, 2.05) is 6.07 Å². The van der Waals surface area contributed by atoms with Crippen LogP contribution in [-0.2, 0) is 0 Å². The zero-order chi connectivity index (χ0) is 13.1. The summed E-state index contributed by atoms with van der Waals surface area (Å²) in [6.45, 7) is 1.78. The van der Waals surface area contributed by atoms with Crippen molar-refractivity contribution in [3.8, 4) is 6.07 Å². The maximum absolute atomic E-state index is 13.5. The van der Waals surface area contributed by atoms with Crippen LogP contribution in [0, 0.1) is 24.1 Å². The van der Waals surface area contributed by atoms with Crippen LogP contribution in [0.25, 0.3) is 0 Å². The fourth-order valence-corrected chi connectivity index (χ4v) is 2.38. The predicted octanol–water partition coefficient (Wildman–Crippen LogP) is 3.08. The monoisotopic (exact) mass is 260 g/mol. The molecule has 3 nitrogen and oxygen atoms in total. The molecule has 0 amide bonds. The number of nitriles is 1. The molecule has 0 aliphatic heterocycles. The average Bonchev–Trinajstić information content (AvgIpc) is 2.77. The van der Waals surface area contributed by atoms with Gasteiger partial charge < -0.3 is 0 Å². The largest absolute Gasteiger partial charge is 0.292 e. The predicted molar refractivity (Wildman–Crippen MR) is 65.9 cm³/mol. The van der Waals surface area contributed by atoms with E-state index < -0.39 is 17.5 Å². The number of rotatable bonds is 3. The van der Waals surface area contributed by atoms with Crippen LogP contribution in [0.5, 0.6) is 0 Å². The van der Waals surface area contributed by atoms with Crippen LogP contribution < -0.4 is 0 Å². The minimum absolute atomic E-state index is 0.0723. The maximum atomic E-state index is 13.5. The number of Topliss-reactive ketones (excluding diaryl/α,β-unsaturated/α-hetero) is 1. The van der Waals surface area contributed by atoms with E-state index in [1.54, 1.807) is 18.4 Å². The van der Waals surface area contributed by atoms with E-state index in [1.165, 1.54) is 29.5 Å². The van der Waals surface area contributed by atoms with Crippen LogP contribution in [0.15, 0.2) is 29.6 Å². The first-order chi connectivity index (χ1) is 8.63. The second kappa shape index (κ2) is 5.07. The second-order valence-corrected chi connectivity index (χ2v) is 4.62. The Kier molecular flexibility index (Phi) is 3.49. The summed E-state index contributed by atoms with van der Waals surface area (Å²) in [5, 5.41) is 11.2. The van der Waals surface area contributed by atoms with Gasteiger partial charge in [-0.05, 0) is 19.1 Å². The van der Waals surface area contributed by atoms with Gasteiger partial charge in [-0.1, -0.05) is 12.1 Å². The molecule has 1 heterocycles. The van der Waals surface area contributed by atoms with Crippen molar-refractivity contribution in [3.05, 3.63) is 51.7 Å². The van der Waals surface area contributed by atoms with Crippen molar-refractivity contribution in [2.45, 2.75) is 12.8 Å². The molecule has 2 aromatic rings. The lowest BCUT2D eigenvalue weighted by atomic mass is 9.99. The van der Waals surface area contributed by atoms with Crippen molar-refractivity contribution < 1.29 is 9.18 Å². The number of aryl methyl sites for hydroxylation is 1. The number of nitrogens with zero attached hydrogens (tertiary/aromatic N) is 2. The van der Waals surface area contributed by atoms with Gasteiger partial charge in [0.25, 0.3) is 0 Å². The zero-order valence-electron chi connectivity index (χ0n) is 9.55. The Balaban J connectivity index is 2.38. The van der Waals surface area contributed by atoms with Gasteiger partial charge in [0, 0.05) is 11.1 Å². The number of halogens is 1. The van der Waals surface area contributed by atoms with Crippen molar-refractivity contribution in [2.24, 2.45) is 0 Å². The molecule has 2 rings (SSSR count). The first kappa shape index (κ1) is 12.4. The minimum atomic E-state index is -1.04. The van der Waals surface area contributed by atoms with Crippen LogP contribution in [0.1, 0.15) is 27.0 Å². The van der Waals surface area contributed by atoms with Gasteiger partial charge >= 0.3 is 0 Å². The highest BCUT2D eigenvalue weighted by Crippen LogP contribution is 2.24. The number of carbonyl (C=O) groups excluding carboxylic acids is 1. The molecule has 18 heavy (non-hydrogen) atoms. The van der Waals surface area contributed by atoms with Gasteiger partial charge in [-0.3, -0.25) is 4.79 Å². The smallest absolute Gasteiger partial charge is 0.189 e. The van der Waals surface area contributed by atoms with Gasteiger partial charge in [-0.15, -0.1) is 11.3 Å². The molecule has 0 fully saturated rings. The Hall–Kier alpha value is -2.06. The van der Waals surface area contributed by atoms with Crippen molar-refractivity contribution >= 4 is 17.1 Å². The molecule has 1 aromatic carbocycles. The quantitative estimate of drug-likeness (QED) is 0.797. The molecular formula is C13H9FN2OS. The third-order valence-corrected chi connectivity index (χ3v) is 3.44. The fourth-order valence-electron chi connectivity index (χ4n) is 1.55. The third-order valence-electron chi connectivity index (χ3n) is 2.41. The summed E-state index contributed by atoms with van der Waals surface area (Å²) in [6.07, 6.45) is 0. The molecule has 0 bridgehead atoms. The van der Waals surface area contributed by atoms with Crippen molar-refractivity contribution in [2.75, 3.05) is 0 Å². The molecule has 0 aliphatic rings. The van der Waals surface area contributed by atoms with Gasteiger partial charge in [-0.25, -0.2) is 9.37 Å². The van der Waals surface area contributed by atoms with Crippen LogP contribution in [0.3, 0.4) is 0 Å². The highest BCUT2D eigenvalue weighted by atomic mass is 32.1. The van der Waals surface area contributed by atoms with Gasteiger partial charge in [0.05, 0.1) is 11.6 Å². The molecule has 0 aliphatic carbocycles. The standard InChI is InChI=1S/C13H9FN2OS/c1-8-7-18-13(16-8)10(6-15)12(17)9-4-2-3-5-11(9)14/h2-5,7,10H,1H3. The average molecular weight is 260 g/mol. The number of hydrogen-bond acceptors (Lipinski definition) is 4. The van der Waals surface area contributed by atoms with E-state index in [-0.39, 0.29) is 5.56 Å². The van der Waals surface area contributed by atoms with Gasteiger partial charge in [0.2, 0.25) is 0 Å². The first-order valence-electron chi connectivity index (χ1n) is 5.24. The summed E-state index contributed by atoms with van der Waals surface area (Å²) in [6, 6.07) is 7.54. The Labute approximate surface area is 108 Å². The van der Waals surface area contributed by atoms with Crippen molar-refractivity contribution in [3.63, 3.8) is 0 Å². The lowest BCUT2D eigenvalue weighted by Crippen LogP contribution is -2.12. The van der Waals surface area contributed by atoms with Gasteiger partial charge in [-0.2, -0.15) is 5.26 Å². The number of thiazole rings is 1. The molecule has 0 spiro atoms. The number of ketones is 1. The van der Waals surface area contributed by atoms with Crippen LogP contribution in [-0.4, -0.2) is 10.8 Å². The molecule has 90 valence electrons. The topological polar surface area (TPSA) is 53.8 Å². The van der Waals surface area contributed by atoms with E-state index in [2.05, 4.69) is 4.98 Å². The Morgan fingerprint density at radius 3 is 2.78 bits per heavy atom. The number of aromatic nitrogens is 1. The van der Waals surface area contributed by atoms with Crippen LogP contribution in [0.4, 0.5) is 4.39 Å². The molecule has 1 atom stereocenters. The third kappa shape index (κ3) is 2.29. The lowest BCUT2D eigenvalue weighted by molar-refractivity contribution is 0.0975. The van der Waals surface area contributed by atoms with E-state index in [4.69, 9.17) is 5.26 Å². The van der Waals surface area contributed by atoms with E-state index in [0.29, 0.717) is 5.01 Å². The van der Waals surface area contributed by atoms with Crippen LogP contribution >= 0.6 is 11.3 Å². The summed E-state index contributed by atoms with van der Waals surface area (Å²) in [5.41, 5.74) is 0.675. The fraction of sp³-hybridized carbons (Fsp3) is 0.154. The van der Waals surface area contributed by atoms with Gasteiger partial charge in [0.15, 0.2) is 11.7 Å². The molecule has 1 aromatic heterocycles. The normalized spacial score (nSPS) is 11.8. The lowest BCUT2D eigenvalue weighted by Gasteiger charge is -2.05. The molecule has 1 unspecified atom stereocenters. The summed E-state index contributed by atoms with van der Waals surface area (Å²) in [5.74, 6) is -2.21. The number of hydrogen-bond donors (Lipinski definition) is 0. The van der Waals surface area contributed by atoms with E-state index in [0.717, 1.165) is 5.69 Å². The summed E-state index contributed by atoms with van der Waals surface area (Å²) in [7, 11) is 0. The SMILES string of the molecule is Cc1csc(C(C#N)C(=O)c2ccccc2F)n1. The number of carbonyl (C=O) groups is 1. The molecule has 0 N–H and O–H groups in total. The molecule has 0 saturated carbocycles. The molecule has 0 saturated heterocycles. The highest BCUT2D eigenvalue weighted by molar-refractivity contribution is 7.10. The van der Waals surface area contributed by atoms with Gasteiger partial charge in [0.1, 0.15) is 10.8 Å². The second-order valence-electron chi connectivity index (χ2n) is 3.73. The number of benzene rings is 1. The zero-order valence-corrected chi connectivity index (χ0v) is 10.4. The van der Waals surface area contributed by atoms with E-state index in [9.17, 15) is 9.18 Å². The Morgan fingerprint density at radius 2 is 2.22 bits per heavy atom. The van der Waals surface area contributed by atoms with Crippen LogP contribution in [0.2, 0.25) is 0 Å². The first-order valence-corrected chi connectivity index (χ1v) is 6.12. The summed E-state index contributed by atoms with van der Waals surface area (Å²) in [4.78, 5) is 16.2. The Morgan fingerprint density at radius 1 is 1.50 bits per heavy atom. The Bertz CT molecular complexity index is 630. The highest BCUT2D eigenvalue weighted by Gasteiger charge is 2.26. The molecule has 0 radical (unpaired) electrons. The van der Waals surface area contributed by atoms with Crippen molar-refractivity contribution in [1.82, 2.24) is 4.98 Å². The van der Waals surface area contributed by atoms with Crippen molar-refractivity contribution in [1.29, 1.82) is 5.26 Å². The molecule has 5 heteroatoms. The summed E-state index contributed by atoms with van der Waals surface area (Å²) < 4.78 is 13.5. The van der Waals surface area contributed by atoms with E-state index >= 15 is 0 Å². The molecular weight excluding hydrogens is 251 g/mol. The summed E-state index contributed by atoms with van der Waals surface area (Å²) >= 11 is 1.23. The minimum Gasteiger partial charge on any atom is -0.292 e. The maximum Gasteiger partial charge on any atom is 0.189 e.